The number of carbonyl (C=O) groups excluding carboxylic acids is 1. The van der Waals surface area contributed by atoms with Crippen LogP contribution in [0.5, 0.6) is 0 Å². The average Bonchev–Trinajstić information content (AvgIpc) is 3.40. The zero-order valence-electron chi connectivity index (χ0n) is 14.0. The Hall–Kier alpha value is -3.68. The molecule has 8 nitrogen and oxygen atoms in total. The Bertz CT molecular complexity index is 1030. The van der Waals surface area contributed by atoms with Crippen LogP contribution in [0.4, 0.5) is 0 Å². The van der Waals surface area contributed by atoms with Crippen LogP contribution in [-0.2, 0) is 6.54 Å². The summed E-state index contributed by atoms with van der Waals surface area (Å²) in [7, 11) is 0. The van der Waals surface area contributed by atoms with E-state index in [1.54, 1.807) is 35.6 Å². The van der Waals surface area contributed by atoms with Gasteiger partial charge in [-0.1, -0.05) is 6.07 Å². The van der Waals surface area contributed by atoms with Crippen molar-refractivity contribution >= 4 is 5.91 Å². The molecule has 0 unspecified atom stereocenters. The Morgan fingerprint density at radius 3 is 3.00 bits per heavy atom. The maximum Gasteiger partial charge on any atom is 0.272 e. The van der Waals surface area contributed by atoms with Gasteiger partial charge in [0.1, 0.15) is 23.6 Å². The molecule has 1 amide bonds. The van der Waals surface area contributed by atoms with Crippen molar-refractivity contribution in [3.63, 3.8) is 0 Å². The van der Waals surface area contributed by atoms with Gasteiger partial charge >= 0.3 is 0 Å². The Balaban J connectivity index is 1.48. The van der Waals surface area contributed by atoms with Crippen molar-refractivity contribution in [3.05, 3.63) is 72.3 Å². The summed E-state index contributed by atoms with van der Waals surface area (Å²) in [5, 5.41) is 9.74. The van der Waals surface area contributed by atoms with Crippen LogP contribution in [0, 0.1) is 6.92 Å². The van der Waals surface area contributed by atoms with Crippen LogP contribution in [0.25, 0.3) is 17.3 Å². The zero-order chi connectivity index (χ0) is 17.9. The molecule has 0 aliphatic carbocycles. The molecule has 0 aliphatic heterocycles. The number of hydrogen-bond acceptors (Lipinski definition) is 5. The number of nitrogens with zero attached hydrogens (tertiary/aromatic N) is 4. The van der Waals surface area contributed by atoms with Gasteiger partial charge in [0.05, 0.1) is 0 Å². The van der Waals surface area contributed by atoms with Crippen molar-refractivity contribution in [1.82, 2.24) is 30.0 Å². The van der Waals surface area contributed by atoms with Crippen LogP contribution in [0.2, 0.25) is 0 Å². The van der Waals surface area contributed by atoms with E-state index in [-0.39, 0.29) is 5.91 Å². The van der Waals surface area contributed by atoms with E-state index in [1.807, 2.05) is 31.2 Å². The molecule has 0 radical (unpaired) electrons. The first-order chi connectivity index (χ1) is 12.7. The minimum absolute atomic E-state index is 0.281. The molecule has 4 rings (SSSR count). The molecule has 4 aromatic rings. The molecule has 0 aromatic carbocycles. The van der Waals surface area contributed by atoms with Gasteiger partial charge in [-0.2, -0.15) is 5.10 Å². The number of hydrogen-bond donors (Lipinski definition) is 2. The van der Waals surface area contributed by atoms with E-state index >= 15 is 0 Å². The van der Waals surface area contributed by atoms with Gasteiger partial charge in [-0.15, -0.1) is 0 Å². The van der Waals surface area contributed by atoms with Gasteiger partial charge in [0, 0.05) is 36.8 Å². The molecule has 0 spiro atoms. The van der Waals surface area contributed by atoms with Gasteiger partial charge in [0.2, 0.25) is 0 Å². The highest BCUT2D eigenvalue weighted by atomic mass is 16.3. The monoisotopic (exact) mass is 348 g/mol. The lowest BCUT2D eigenvalue weighted by Crippen LogP contribution is -2.24. The SMILES string of the molecule is Cc1ccc(-c2cc(C(=O)NCc3cccnc3-n3ccnc3)n[nH]2)o1. The van der Waals surface area contributed by atoms with E-state index in [4.69, 9.17) is 4.42 Å². The Labute approximate surface area is 148 Å². The van der Waals surface area contributed by atoms with Gasteiger partial charge in [-0.05, 0) is 25.1 Å². The number of aromatic nitrogens is 5. The Morgan fingerprint density at radius 1 is 1.31 bits per heavy atom. The summed E-state index contributed by atoms with van der Waals surface area (Å²) >= 11 is 0. The lowest BCUT2D eigenvalue weighted by Gasteiger charge is -2.09. The Morgan fingerprint density at radius 2 is 2.23 bits per heavy atom. The summed E-state index contributed by atoms with van der Waals surface area (Å²) in [6.45, 7) is 2.18. The average molecular weight is 348 g/mol. The first-order valence-electron chi connectivity index (χ1n) is 8.03. The first kappa shape index (κ1) is 15.8. The smallest absolute Gasteiger partial charge is 0.272 e. The van der Waals surface area contributed by atoms with Gasteiger partial charge in [0.15, 0.2) is 11.5 Å². The highest BCUT2D eigenvalue weighted by Crippen LogP contribution is 2.20. The van der Waals surface area contributed by atoms with Crippen LogP contribution in [-0.4, -0.2) is 30.6 Å². The summed E-state index contributed by atoms with van der Waals surface area (Å²) in [6, 6.07) is 9.08. The molecule has 4 aromatic heterocycles. The molecular weight excluding hydrogens is 332 g/mol. The molecule has 0 bridgehead atoms. The number of H-pyrrole nitrogens is 1. The van der Waals surface area contributed by atoms with Crippen molar-refractivity contribution in [2.24, 2.45) is 0 Å². The summed E-state index contributed by atoms with van der Waals surface area (Å²) in [5.41, 5.74) is 1.82. The quantitative estimate of drug-likeness (QED) is 0.577. The fourth-order valence-corrected chi connectivity index (χ4v) is 2.59. The minimum atomic E-state index is -0.281. The summed E-state index contributed by atoms with van der Waals surface area (Å²) < 4.78 is 7.33. The van der Waals surface area contributed by atoms with Crippen LogP contribution in [0.15, 0.2) is 59.7 Å². The predicted molar refractivity (Wildman–Crippen MR) is 93.6 cm³/mol. The fourth-order valence-electron chi connectivity index (χ4n) is 2.59. The number of carbonyl (C=O) groups is 1. The number of furan rings is 1. The molecule has 2 N–H and O–H groups in total. The van der Waals surface area contributed by atoms with Gasteiger partial charge < -0.3 is 9.73 Å². The van der Waals surface area contributed by atoms with Crippen LogP contribution in [0.3, 0.4) is 0 Å². The van der Waals surface area contributed by atoms with E-state index in [2.05, 4.69) is 25.5 Å². The second-order valence-electron chi connectivity index (χ2n) is 5.72. The number of rotatable bonds is 5. The molecule has 0 saturated heterocycles. The number of aromatic amines is 1. The van der Waals surface area contributed by atoms with E-state index in [1.165, 1.54) is 0 Å². The molecule has 26 heavy (non-hydrogen) atoms. The number of pyridine rings is 1. The van der Waals surface area contributed by atoms with Gasteiger partial charge in [-0.25, -0.2) is 9.97 Å². The van der Waals surface area contributed by atoms with Crippen LogP contribution >= 0.6 is 0 Å². The molecule has 4 heterocycles. The number of amides is 1. The van der Waals surface area contributed by atoms with Crippen molar-refractivity contribution in [2.75, 3.05) is 0 Å². The van der Waals surface area contributed by atoms with Crippen molar-refractivity contribution in [3.8, 4) is 17.3 Å². The highest BCUT2D eigenvalue weighted by molar-refractivity contribution is 5.93. The standard InChI is InChI=1S/C18H16N6O2/c1-12-4-5-16(26-12)14-9-15(23-22-14)18(25)21-10-13-3-2-6-20-17(13)24-8-7-19-11-24/h2-9,11H,10H2,1H3,(H,21,25)(H,22,23). The van der Waals surface area contributed by atoms with Crippen molar-refractivity contribution < 1.29 is 9.21 Å². The normalized spacial score (nSPS) is 10.8. The Kier molecular flexibility index (Phi) is 4.06. The molecule has 0 saturated carbocycles. The summed E-state index contributed by atoms with van der Waals surface area (Å²) in [6.07, 6.45) is 6.85. The number of imidazole rings is 1. The molecule has 8 heteroatoms. The third kappa shape index (κ3) is 3.12. The fraction of sp³-hybridized carbons (Fsp3) is 0.111. The van der Waals surface area contributed by atoms with Crippen LogP contribution < -0.4 is 5.32 Å². The lowest BCUT2D eigenvalue weighted by atomic mass is 10.2. The molecular formula is C18H16N6O2. The van der Waals surface area contributed by atoms with Crippen molar-refractivity contribution in [1.29, 1.82) is 0 Å². The van der Waals surface area contributed by atoms with E-state index in [0.29, 0.717) is 23.7 Å². The van der Waals surface area contributed by atoms with E-state index in [0.717, 1.165) is 17.1 Å². The zero-order valence-corrected chi connectivity index (χ0v) is 14.0. The third-order valence-electron chi connectivity index (χ3n) is 3.87. The highest BCUT2D eigenvalue weighted by Gasteiger charge is 2.14. The predicted octanol–water partition coefficient (Wildman–Crippen LogP) is 2.49. The topological polar surface area (TPSA) is 102 Å². The first-order valence-corrected chi connectivity index (χ1v) is 8.03. The maximum atomic E-state index is 12.4. The maximum absolute atomic E-state index is 12.4. The number of aryl methyl sites for hydroxylation is 1. The molecule has 0 atom stereocenters. The summed E-state index contributed by atoms with van der Waals surface area (Å²) in [5.74, 6) is 1.88. The second kappa shape index (κ2) is 6.67. The molecule has 0 fully saturated rings. The van der Waals surface area contributed by atoms with Crippen molar-refractivity contribution in [2.45, 2.75) is 13.5 Å². The van der Waals surface area contributed by atoms with Gasteiger partial charge in [0.25, 0.3) is 5.91 Å². The third-order valence-corrected chi connectivity index (χ3v) is 3.87. The second-order valence-corrected chi connectivity index (χ2v) is 5.72. The largest absolute Gasteiger partial charge is 0.460 e. The lowest BCUT2D eigenvalue weighted by molar-refractivity contribution is 0.0946. The van der Waals surface area contributed by atoms with Gasteiger partial charge in [-0.3, -0.25) is 14.5 Å². The minimum Gasteiger partial charge on any atom is -0.460 e. The van der Waals surface area contributed by atoms with E-state index in [9.17, 15) is 4.79 Å². The number of nitrogens with one attached hydrogen (secondary N) is 2. The molecule has 0 aliphatic rings. The van der Waals surface area contributed by atoms with Crippen LogP contribution in [0.1, 0.15) is 21.8 Å². The molecule has 130 valence electrons. The summed E-state index contributed by atoms with van der Waals surface area (Å²) in [4.78, 5) is 20.8. The van der Waals surface area contributed by atoms with E-state index < -0.39 is 0 Å².